The van der Waals surface area contributed by atoms with Crippen LogP contribution in [-0.2, 0) is 16.0 Å². The normalized spacial score (nSPS) is 14.6. The summed E-state index contributed by atoms with van der Waals surface area (Å²) in [7, 11) is 0. The molecule has 0 fully saturated rings. The second-order valence-corrected chi connectivity index (χ2v) is 5.47. The molecule has 0 rings (SSSR count). The fraction of sp³-hybridized carbons (Fsp3) is 0.875. The first-order valence-corrected chi connectivity index (χ1v) is 5.10. The average Bonchev–Trinajstić information content (AvgIpc) is 1.82. The van der Waals surface area contributed by atoms with E-state index in [0.717, 1.165) is 0 Å². The van der Waals surface area contributed by atoms with Crippen molar-refractivity contribution in [2.45, 2.75) is 34.1 Å². The zero-order valence-corrected chi connectivity index (χ0v) is 8.46. The SMILES string of the molecule is CC[S+]([O-])C(=O)CC(C)(C)C. The van der Waals surface area contributed by atoms with Crippen LogP contribution in [0.1, 0.15) is 34.1 Å². The molecule has 0 heterocycles. The molecule has 1 atom stereocenters. The molecule has 66 valence electrons. The first kappa shape index (κ1) is 11.0. The number of rotatable bonds is 2. The molecule has 0 amide bonds. The number of hydrogen-bond acceptors (Lipinski definition) is 2. The second-order valence-electron chi connectivity index (χ2n) is 3.74. The maximum atomic E-state index is 11.1. The summed E-state index contributed by atoms with van der Waals surface area (Å²) in [5.41, 5.74) is -0.0398. The fourth-order valence-corrected chi connectivity index (χ4v) is 1.59. The van der Waals surface area contributed by atoms with E-state index in [4.69, 9.17) is 0 Å². The molecule has 0 spiro atoms. The Hall–Kier alpha value is -0.0200. The van der Waals surface area contributed by atoms with Crippen molar-refractivity contribution in [3.63, 3.8) is 0 Å². The molecule has 2 nitrogen and oxygen atoms in total. The molecule has 0 aromatic heterocycles. The highest BCUT2D eigenvalue weighted by Gasteiger charge is 2.23. The summed E-state index contributed by atoms with van der Waals surface area (Å²) in [5, 5.41) is -0.125. The summed E-state index contributed by atoms with van der Waals surface area (Å²) >= 11 is -1.26. The van der Waals surface area contributed by atoms with Crippen molar-refractivity contribution >= 4 is 16.3 Å². The predicted molar refractivity (Wildman–Crippen MR) is 47.8 cm³/mol. The summed E-state index contributed by atoms with van der Waals surface area (Å²) < 4.78 is 11.0. The van der Waals surface area contributed by atoms with Crippen LogP contribution in [0.15, 0.2) is 0 Å². The van der Waals surface area contributed by atoms with Crippen molar-refractivity contribution in [1.29, 1.82) is 0 Å². The van der Waals surface area contributed by atoms with Crippen molar-refractivity contribution < 1.29 is 9.35 Å². The highest BCUT2D eigenvalue weighted by Crippen LogP contribution is 2.20. The maximum absolute atomic E-state index is 11.1. The van der Waals surface area contributed by atoms with Crippen LogP contribution in [0.5, 0.6) is 0 Å². The van der Waals surface area contributed by atoms with E-state index in [1.165, 1.54) is 0 Å². The van der Waals surface area contributed by atoms with E-state index in [1.807, 2.05) is 20.8 Å². The van der Waals surface area contributed by atoms with E-state index >= 15 is 0 Å². The van der Waals surface area contributed by atoms with Crippen LogP contribution in [0.4, 0.5) is 0 Å². The van der Waals surface area contributed by atoms with Gasteiger partial charge in [-0.25, -0.2) is 4.79 Å². The highest BCUT2D eigenvalue weighted by atomic mass is 32.2. The quantitative estimate of drug-likeness (QED) is 0.601. The molecule has 0 saturated carbocycles. The van der Waals surface area contributed by atoms with Gasteiger partial charge in [0.05, 0.1) is 6.42 Å². The van der Waals surface area contributed by atoms with E-state index in [1.54, 1.807) is 6.92 Å². The summed E-state index contributed by atoms with van der Waals surface area (Å²) in [5.74, 6) is 0.439. The van der Waals surface area contributed by atoms with Crippen LogP contribution in [0, 0.1) is 5.41 Å². The minimum atomic E-state index is -1.26. The smallest absolute Gasteiger partial charge is 0.329 e. The third kappa shape index (κ3) is 5.27. The Balaban J connectivity index is 3.88. The number of carbonyl (C=O) groups is 1. The molecule has 0 aromatic rings. The molecule has 0 radical (unpaired) electrons. The summed E-state index contributed by atoms with van der Waals surface area (Å²) in [6.07, 6.45) is 0.410. The molecule has 3 heteroatoms. The zero-order chi connectivity index (χ0) is 9.07. The molecule has 1 unspecified atom stereocenters. The molecule has 11 heavy (non-hydrogen) atoms. The van der Waals surface area contributed by atoms with Gasteiger partial charge in [0.1, 0.15) is 5.75 Å². The van der Waals surface area contributed by atoms with Crippen molar-refractivity contribution in [3.8, 4) is 0 Å². The van der Waals surface area contributed by atoms with Crippen molar-refractivity contribution in [2.24, 2.45) is 5.41 Å². The average molecular weight is 176 g/mol. The van der Waals surface area contributed by atoms with Gasteiger partial charge in [0, 0.05) is 11.2 Å². The minimum Gasteiger partial charge on any atom is -0.609 e. The van der Waals surface area contributed by atoms with Gasteiger partial charge in [-0.1, -0.05) is 20.8 Å². The van der Waals surface area contributed by atoms with Crippen molar-refractivity contribution in [1.82, 2.24) is 0 Å². The highest BCUT2D eigenvalue weighted by molar-refractivity contribution is 8.06. The monoisotopic (exact) mass is 176 g/mol. The molecule has 0 aliphatic heterocycles. The van der Waals surface area contributed by atoms with Gasteiger partial charge >= 0.3 is 5.12 Å². The van der Waals surface area contributed by atoms with E-state index < -0.39 is 11.2 Å². The van der Waals surface area contributed by atoms with Crippen molar-refractivity contribution in [3.05, 3.63) is 0 Å². The Kier molecular flexibility index (Phi) is 4.11. The van der Waals surface area contributed by atoms with E-state index in [9.17, 15) is 9.35 Å². The van der Waals surface area contributed by atoms with Gasteiger partial charge in [-0.2, -0.15) is 0 Å². The van der Waals surface area contributed by atoms with E-state index in [2.05, 4.69) is 0 Å². The van der Waals surface area contributed by atoms with Crippen molar-refractivity contribution in [2.75, 3.05) is 5.75 Å². The maximum Gasteiger partial charge on any atom is 0.329 e. The topological polar surface area (TPSA) is 40.1 Å². The first-order valence-electron chi connectivity index (χ1n) is 3.78. The molecule has 0 aliphatic rings. The van der Waals surface area contributed by atoms with Gasteiger partial charge < -0.3 is 4.55 Å². The predicted octanol–water partition coefficient (Wildman–Crippen LogP) is 1.72. The molecular weight excluding hydrogens is 160 g/mol. The van der Waals surface area contributed by atoms with Gasteiger partial charge in [-0.15, -0.1) is 0 Å². The molecule has 0 N–H and O–H groups in total. The molecular formula is C8H16O2S. The lowest BCUT2D eigenvalue weighted by Gasteiger charge is -2.16. The van der Waals surface area contributed by atoms with E-state index in [0.29, 0.717) is 12.2 Å². The van der Waals surface area contributed by atoms with Crippen LogP contribution in [0.3, 0.4) is 0 Å². The Morgan fingerprint density at radius 3 is 2.18 bits per heavy atom. The second kappa shape index (κ2) is 4.12. The summed E-state index contributed by atoms with van der Waals surface area (Å²) in [4.78, 5) is 11.1. The Bertz CT molecular complexity index is 138. The first-order chi connectivity index (χ1) is 4.87. The minimum absolute atomic E-state index is 0.0398. The number of carbonyl (C=O) groups excluding carboxylic acids is 1. The van der Waals surface area contributed by atoms with Crippen LogP contribution in [0.2, 0.25) is 0 Å². The summed E-state index contributed by atoms with van der Waals surface area (Å²) in [6, 6.07) is 0. The lowest BCUT2D eigenvalue weighted by atomic mass is 9.93. The molecule has 0 aromatic carbocycles. The lowest BCUT2D eigenvalue weighted by molar-refractivity contribution is -0.113. The largest absolute Gasteiger partial charge is 0.609 e. The number of hydrogen-bond donors (Lipinski definition) is 0. The Labute approximate surface area is 71.5 Å². The third-order valence-corrected chi connectivity index (χ3v) is 2.37. The van der Waals surface area contributed by atoms with Gasteiger partial charge in [-0.05, 0) is 12.3 Å². The molecule has 0 aliphatic carbocycles. The van der Waals surface area contributed by atoms with Crippen LogP contribution in [0.25, 0.3) is 0 Å². The van der Waals surface area contributed by atoms with Crippen LogP contribution < -0.4 is 0 Å². The van der Waals surface area contributed by atoms with Crippen LogP contribution >= 0.6 is 0 Å². The fourth-order valence-electron chi connectivity index (χ4n) is 0.674. The molecule has 0 saturated heterocycles. The Morgan fingerprint density at radius 1 is 1.45 bits per heavy atom. The van der Waals surface area contributed by atoms with Gasteiger partial charge in [0.25, 0.3) is 0 Å². The van der Waals surface area contributed by atoms with Gasteiger partial charge in [0.2, 0.25) is 0 Å². The molecule has 0 bridgehead atoms. The van der Waals surface area contributed by atoms with Gasteiger partial charge in [0.15, 0.2) is 0 Å². The van der Waals surface area contributed by atoms with Crippen LogP contribution in [-0.4, -0.2) is 15.4 Å². The zero-order valence-electron chi connectivity index (χ0n) is 7.64. The standard InChI is InChI=1S/C8H16O2S/c1-5-11(10)7(9)6-8(2,3)4/h5-6H2,1-4H3. The van der Waals surface area contributed by atoms with Gasteiger partial charge in [-0.3, -0.25) is 0 Å². The third-order valence-electron chi connectivity index (χ3n) is 1.19. The summed E-state index contributed by atoms with van der Waals surface area (Å²) in [6.45, 7) is 7.67. The lowest BCUT2D eigenvalue weighted by Crippen LogP contribution is -2.22. The van der Waals surface area contributed by atoms with E-state index in [-0.39, 0.29) is 10.5 Å². The Morgan fingerprint density at radius 2 is 1.91 bits per heavy atom.